The summed E-state index contributed by atoms with van der Waals surface area (Å²) in [5, 5.41) is 2.60. The summed E-state index contributed by atoms with van der Waals surface area (Å²) in [6.07, 6.45) is 1.85. The fraction of sp³-hybridized carbons (Fsp3) is 0.154. The molecule has 1 N–H and O–H groups in total. The molecule has 2 rings (SSSR count). The molecule has 5 heteroatoms. The minimum atomic E-state index is -0.765. The zero-order valence-corrected chi connectivity index (χ0v) is 9.78. The molecule has 0 atom stereocenters. The van der Waals surface area contributed by atoms with Gasteiger partial charge in [0.05, 0.1) is 6.54 Å². The van der Waals surface area contributed by atoms with E-state index in [0.29, 0.717) is 6.54 Å². The average Bonchev–Trinajstić information content (AvgIpc) is 2.70. The van der Waals surface area contributed by atoms with E-state index in [1.807, 2.05) is 29.9 Å². The van der Waals surface area contributed by atoms with Crippen molar-refractivity contribution in [2.24, 2.45) is 7.05 Å². The molecular weight excluding hydrogens is 238 g/mol. The Morgan fingerprint density at radius 3 is 2.50 bits per heavy atom. The number of nitrogens with zero attached hydrogens (tertiary/aromatic N) is 1. The van der Waals surface area contributed by atoms with Crippen LogP contribution in [-0.2, 0) is 13.6 Å². The van der Waals surface area contributed by atoms with Gasteiger partial charge in [0.15, 0.2) is 0 Å². The Morgan fingerprint density at radius 2 is 1.94 bits per heavy atom. The summed E-state index contributed by atoms with van der Waals surface area (Å²) < 4.78 is 27.7. The summed E-state index contributed by atoms with van der Waals surface area (Å²) in [5.74, 6) is -2.03. The van der Waals surface area contributed by atoms with Crippen LogP contribution in [0.3, 0.4) is 0 Å². The predicted octanol–water partition coefficient (Wildman–Crippen LogP) is 2.23. The number of carbonyl (C=O) groups excluding carboxylic acids is 1. The van der Waals surface area contributed by atoms with Gasteiger partial charge in [-0.05, 0) is 24.3 Å². The average molecular weight is 250 g/mol. The van der Waals surface area contributed by atoms with Gasteiger partial charge in [0.25, 0.3) is 5.91 Å². The molecule has 94 valence electrons. The summed E-state index contributed by atoms with van der Waals surface area (Å²) in [4.78, 5) is 11.7. The molecule has 0 bridgehead atoms. The highest BCUT2D eigenvalue weighted by Gasteiger charge is 2.09. The Morgan fingerprint density at radius 1 is 1.28 bits per heavy atom. The molecule has 3 nitrogen and oxygen atoms in total. The summed E-state index contributed by atoms with van der Waals surface area (Å²) in [6.45, 7) is 0.306. The first-order valence-corrected chi connectivity index (χ1v) is 5.41. The van der Waals surface area contributed by atoms with Gasteiger partial charge in [-0.15, -0.1) is 0 Å². The number of aryl methyl sites for hydroxylation is 1. The number of hydrogen-bond donors (Lipinski definition) is 1. The summed E-state index contributed by atoms with van der Waals surface area (Å²) in [5.41, 5.74) is 0.877. The zero-order chi connectivity index (χ0) is 13.1. The number of amides is 1. The third-order valence-corrected chi connectivity index (χ3v) is 2.61. The van der Waals surface area contributed by atoms with E-state index in [2.05, 4.69) is 5.32 Å². The minimum absolute atomic E-state index is 0.0262. The first-order valence-electron chi connectivity index (χ1n) is 5.41. The fourth-order valence-electron chi connectivity index (χ4n) is 1.64. The second-order valence-corrected chi connectivity index (χ2v) is 3.95. The molecule has 0 saturated carbocycles. The summed E-state index contributed by atoms with van der Waals surface area (Å²) in [6, 6.07) is 6.44. The van der Waals surface area contributed by atoms with Crippen LogP contribution in [-0.4, -0.2) is 10.5 Å². The lowest BCUT2D eigenvalue weighted by Crippen LogP contribution is -2.24. The first kappa shape index (κ1) is 12.3. The Hall–Kier alpha value is -2.17. The smallest absolute Gasteiger partial charge is 0.251 e. The third-order valence-electron chi connectivity index (χ3n) is 2.61. The minimum Gasteiger partial charge on any atom is -0.353 e. The Bertz CT molecular complexity index is 558. The second kappa shape index (κ2) is 5.00. The maximum absolute atomic E-state index is 12.9. The van der Waals surface area contributed by atoms with Crippen molar-refractivity contribution in [1.82, 2.24) is 9.88 Å². The zero-order valence-electron chi connectivity index (χ0n) is 9.78. The maximum Gasteiger partial charge on any atom is 0.251 e. The van der Waals surface area contributed by atoms with Crippen LogP contribution >= 0.6 is 0 Å². The molecule has 1 aromatic carbocycles. The van der Waals surface area contributed by atoms with Gasteiger partial charge >= 0.3 is 0 Å². The van der Waals surface area contributed by atoms with Gasteiger partial charge in [-0.1, -0.05) is 0 Å². The van der Waals surface area contributed by atoms with Crippen LogP contribution in [0.1, 0.15) is 16.1 Å². The topological polar surface area (TPSA) is 34.0 Å². The number of rotatable bonds is 3. The SMILES string of the molecule is Cn1cccc1CNC(=O)c1cc(F)cc(F)c1. The molecule has 0 spiro atoms. The number of halogens is 2. The Labute approximate surface area is 103 Å². The van der Waals surface area contributed by atoms with Crippen molar-refractivity contribution in [3.63, 3.8) is 0 Å². The normalized spacial score (nSPS) is 10.4. The highest BCUT2D eigenvalue weighted by Crippen LogP contribution is 2.08. The second-order valence-electron chi connectivity index (χ2n) is 3.95. The quantitative estimate of drug-likeness (QED) is 0.890. The van der Waals surface area contributed by atoms with Gasteiger partial charge < -0.3 is 9.88 Å². The maximum atomic E-state index is 12.9. The molecule has 0 aliphatic heterocycles. The van der Waals surface area contributed by atoms with Gasteiger partial charge in [0.1, 0.15) is 11.6 Å². The molecule has 1 amide bonds. The van der Waals surface area contributed by atoms with Crippen molar-refractivity contribution in [3.05, 3.63) is 59.4 Å². The lowest BCUT2D eigenvalue weighted by atomic mass is 10.2. The van der Waals surface area contributed by atoms with Gasteiger partial charge in [-0.2, -0.15) is 0 Å². The lowest BCUT2D eigenvalue weighted by molar-refractivity contribution is 0.0949. The number of carbonyl (C=O) groups is 1. The number of aromatic nitrogens is 1. The van der Waals surface area contributed by atoms with Crippen molar-refractivity contribution in [2.75, 3.05) is 0 Å². The van der Waals surface area contributed by atoms with Crippen LogP contribution in [0.2, 0.25) is 0 Å². The van der Waals surface area contributed by atoms with E-state index in [-0.39, 0.29) is 5.56 Å². The van der Waals surface area contributed by atoms with E-state index in [1.165, 1.54) is 0 Å². The Balaban J connectivity index is 2.06. The molecule has 0 aliphatic carbocycles. The highest BCUT2D eigenvalue weighted by molar-refractivity contribution is 5.94. The van der Waals surface area contributed by atoms with Crippen LogP contribution in [0, 0.1) is 11.6 Å². The van der Waals surface area contributed by atoms with Crippen LogP contribution in [0.15, 0.2) is 36.5 Å². The van der Waals surface area contributed by atoms with Crippen LogP contribution in [0.4, 0.5) is 8.78 Å². The van der Waals surface area contributed by atoms with E-state index in [4.69, 9.17) is 0 Å². The highest BCUT2D eigenvalue weighted by atomic mass is 19.1. The van der Waals surface area contributed by atoms with Crippen molar-refractivity contribution in [2.45, 2.75) is 6.54 Å². The fourth-order valence-corrected chi connectivity index (χ4v) is 1.64. The molecule has 0 radical (unpaired) electrons. The summed E-state index contributed by atoms with van der Waals surface area (Å²) >= 11 is 0. The number of nitrogens with one attached hydrogen (secondary N) is 1. The lowest BCUT2D eigenvalue weighted by Gasteiger charge is -2.06. The molecule has 0 unspecified atom stereocenters. The van der Waals surface area contributed by atoms with Crippen molar-refractivity contribution in [1.29, 1.82) is 0 Å². The van der Waals surface area contributed by atoms with E-state index < -0.39 is 17.5 Å². The van der Waals surface area contributed by atoms with Crippen LogP contribution in [0.25, 0.3) is 0 Å². The molecule has 0 aliphatic rings. The molecule has 0 fully saturated rings. The van der Waals surface area contributed by atoms with Crippen molar-refractivity contribution in [3.8, 4) is 0 Å². The summed E-state index contributed by atoms with van der Waals surface area (Å²) in [7, 11) is 1.85. The molecular formula is C13H12F2N2O. The molecule has 18 heavy (non-hydrogen) atoms. The van der Waals surface area contributed by atoms with E-state index >= 15 is 0 Å². The Kier molecular flexibility index (Phi) is 3.41. The van der Waals surface area contributed by atoms with E-state index in [0.717, 1.165) is 23.9 Å². The number of benzene rings is 1. The third kappa shape index (κ3) is 2.74. The largest absolute Gasteiger partial charge is 0.353 e. The standard InChI is InChI=1S/C13H12F2N2O/c1-17-4-2-3-12(17)8-16-13(18)9-5-10(14)7-11(15)6-9/h2-7H,8H2,1H3,(H,16,18). The van der Waals surface area contributed by atoms with Gasteiger partial charge in [0, 0.05) is 30.6 Å². The molecule has 1 heterocycles. The molecule has 2 aromatic rings. The molecule has 0 saturated heterocycles. The van der Waals surface area contributed by atoms with E-state index in [1.54, 1.807) is 0 Å². The first-order chi connectivity index (χ1) is 8.56. The predicted molar refractivity (Wildman–Crippen MR) is 62.9 cm³/mol. The number of hydrogen-bond acceptors (Lipinski definition) is 1. The van der Waals surface area contributed by atoms with Crippen LogP contribution in [0.5, 0.6) is 0 Å². The van der Waals surface area contributed by atoms with E-state index in [9.17, 15) is 13.6 Å². The van der Waals surface area contributed by atoms with Crippen molar-refractivity contribution >= 4 is 5.91 Å². The van der Waals surface area contributed by atoms with Gasteiger partial charge in [-0.25, -0.2) is 8.78 Å². The van der Waals surface area contributed by atoms with Gasteiger partial charge in [0.2, 0.25) is 0 Å². The van der Waals surface area contributed by atoms with Gasteiger partial charge in [-0.3, -0.25) is 4.79 Å². The molecule has 1 aromatic heterocycles. The van der Waals surface area contributed by atoms with Crippen LogP contribution < -0.4 is 5.32 Å². The van der Waals surface area contributed by atoms with Crippen molar-refractivity contribution < 1.29 is 13.6 Å². The monoisotopic (exact) mass is 250 g/mol.